The van der Waals surface area contributed by atoms with E-state index in [1.165, 1.54) is 29.4 Å². The molecule has 13 nitrogen and oxygen atoms in total. The van der Waals surface area contributed by atoms with Crippen LogP contribution < -0.4 is 14.8 Å². The Morgan fingerprint density at radius 3 is 2.49 bits per heavy atom. The van der Waals surface area contributed by atoms with E-state index in [0.717, 1.165) is 37.8 Å². The molecule has 350 valence electrons. The summed E-state index contributed by atoms with van der Waals surface area (Å²) in [7, 11) is -2.97. The van der Waals surface area contributed by atoms with Crippen molar-refractivity contribution in [1.82, 2.24) is 14.9 Å². The van der Waals surface area contributed by atoms with E-state index in [9.17, 15) is 32.6 Å². The van der Waals surface area contributed by atoms with E-state index in [2.05, 4.69) is 5.32 Å². The molecule has 1 unspecified atom stereocenters. The summed E-state index contributed by atoms with van der Waals surface area (Å²) < 4.78 is 68.6. The largest absolute Gasteiger partial charge is 0.495 e. The van der Waals surface area contributed by atoms with Crippen molar-refractivity contribution in [2.75, 3.05) is 32.2 Å². The molecule has 2 aliphatic heterocycles. The number of hydrogen-bond acceptors (Lipinski definition) is 12. The van der Waals surface area contributed by atoms with Crippen molar-refractivity contribution in [3.8, 4) is 22.9 Å². The van der Waals surface area contributed by atoms with Crippen molar-refractivity contribution < 1.29 is 51.6 Å². The van der Waals surface area contributed by atoms with Gasteiger partial charge in [-0.15, -0.1) is 11.3 Å². The summed E-state index contributed by atoms with van der Waals surface area (Å²) in [5.74, 6) is -3.74. The van der Waals surface area contributed by atoms with Crippen LogP contribution >= 0.6 is 30.3 Å². The number of hydrogen-bond donors (Lipinski definition) is 2. The van der Waals surface area contributed by atoms with Gasteiger partial charge in [0.2, 0.25) is 13.3 Å². The maximum Gasteiger partial charge on any atom is 0.306 e. The Bertz CT molecular complexity index is 2450. The van der Waals surface area contributed by atoms with Crippen molar-refractivity contribution in [1.29, 1.82) is 0 Å². The lowest BCUT2D eigenvalue weighted by Gasteiger charge is -2.30. The Morgan fingerprint density at radius 1 is 1.03 bits per heavy atom. The van der Waals surface area contributed by atoms with Gasteiger partial charge in [-0.3, -0.25) is 18.9 Å². The third-order valence-electron chi connectivity index (χ3n) is 13.3. The lowest BCUT2D eigenvalue weighted by Crippen LogP contribution is -2.45. The normalized spacial score (nSPS) is 25.4. The third kappa shape index (κ3) is 10.4. The SMILES string of the molecule is COc1ccc2c(O[C@@H]3C[C@H]4C(=O)C[C@]5(P(=O)(O)Cc6c(F)cccc6F)C[C@H]5CCCOCCC[C@H](CC(=O)OC5CCCC5)C(=O)N4C3)cc(-c3csc(NC(C)C)n3)nc2c1Cl. The molecule has 2 aromatic heterocycles. The van der Waals surface area contributed by atoms with Gasteiger partial charge in [-0.2, -0.15) is 0 Å². The Hall–Kier alpha value is -4.21. The number of esters is 1. The Balaban J connectivity index is 1.14. The number of ketones is 1. The van der Waals surface area contributed by atoms with E-state index in [0.29, 0.717) is 77.8 Å². The van der Waals surface area contributed by atoms with Crippen LogP contribution in [0.5, 0.6) is 11.5 Å². The maximum atomic E-state index is 15.0. The quantitative estimate of drug-likeness (QED) is 0.102. The third-order valence-corrected chi connectivity index (χ3v) is 17.3. The highest BCUT2D eigenvalue weighted by Crippen LogP contribution is 2.75. The lowest BCUT2D eigenvalue weighted by molar-refractivity contribution is -0.154. The average Bonchev–Trinajstić information content (AvgIpc) is 3.68. The van der Waals surface area contributed by atoms with Gasteiger partial charge in [-0.25, -0.2) is 18.7 Å². The van der Waals surface area contributed by atoms with Crippen molar-refractivity contribution in [2.24, 2.45) is 11.8 Å². The molecule has 4 aromatic rings. The number of ether oxygens (including phenoxy) is 4. The summed E-state index contributed by atoms with van der Waals surface area (Å²) in [6.07, 6.45) is 3.09. The van der Waals surface area contributed by atoms with E-state index >= 15 is 0 Å². The molecule has 6 atom stereocenters. The highest BCUT2D eigenvalue weighted by atomic mass is 35.5. The molecule has 2 saturated carbocycles. The second-order valence-corrected chi connectivity index (χ2v) is 22.1. The van der Waals surface area contributed by atoms with E-state index < -0.39 is 83.9 Å². The molecule has 1 amide bonds. The summed E-state index contributed by atoms with van der Waals surface area (Å²) in [5, 5.41) is 5.20. The van der Waals surface area contributed by atoms with Crippen molar-refractivity contribution in [3.63, 3.8) is 0 Å². The van der Waals surface area contributed by atoms with Crippen LogP contribution in [0.4, 0.5) is 13.9 Å². The number of carbonyl (C=O) groups excluding carboxylic acids is 3. The van der Waals surface area contributed by atoms with Gasteiger partial charge in [0.15, 0.2) is 10.9 Å². The molecule has 4 fully saturated rings. The number of nitrogens with zero attached hydrogens (tertiary/aromatic N) is 3. The standard InChI is InChI=1S/C47H56ClF2N4O9PS/c1-27(2)51-46-53-37(26-65-46)36-21-41(32-15-16-40(60-3)43(48)44(32)52-36)62-31-20-38-39(55)23-47(64(58,59)25-33-34(49)13-6-14-35(33)50)22-29(47)10-8-18-61-17-7-9-28(45(57)54(38)24-31)19-42(56)63-30-11-4-5-12-30/h6,13-16,21,26-31,38H,4-5,7-12,17-20,22-25H2,1-3H3,(H,51,53)(H,58,59)/t28-,29-,31-,38+,47-/m1/s1. The minimum Gasteiger partial charge on any atom is -0.495 e. The van der Waals surface area contributed by atoms with Gasteiger partial charge in [0, 0.05) is 60.4 Å². The molecular weight excluding hydrogens is 901 g/mol. The number of methoxy groups -OCH3 is 1. The predicted octanol–water partition coefficient (Wildman–Crippen LogP) is 9.74. The summed E-state index contributed by atoms with van der Waals surface area (Å²) >= 11 is 8.29. The summed E-state index contributed by atoms with van der Waals surface area (Å²) in [4.78, 5) is 66.3. The number of benzene rings is 2. The molecular formula is C47H56ClF2N4O9PS. The van der Waals surface area contributed by atoms with Gasteiger partial charge in [0.25, 0.3) is 0 Å². The first kappa shape index (κ1) is 47.3. The minimum atomic E-state index is -4.48. The molecule has 4 aliphatic rings. The number of rotatable bonds is 12. The maximum absolute atomic E-state index is 15.0. The first-order chi connectivity index (χ1) is 31.2. The van der Waals surface area contributed by atoms with Crippen LogP contribution in [0.25, 0.3) is 22.3 Å². The molecule has 8 rings (SSSR count). The molecule has 0 bridgehead atoms. The molecule has 65 heavy (non-hydrogen) atoms. The Morgan fingerprint density at radius 2 is 1.77 bits per heavy atom. The second-order valence-electron chi connectivity index (χ2n) is 18.2. The molecule has 2 N–H and O–H groups in total. The van der Waals surface area contributed by atoms with E-state index in [-0.39, 0.29) is 43.0 Å². The lowest BCUT2D eigenvalue weighted by atomic mass is 9.96. The zero-order valence-electron chi connectivity index (χ0n) is 36.9. The number of Topliss-reactive ketones (excluding diaryl/α,β-unsaturated/α-hetero) is 1. The molecule has 2 aromatic carbocycles. The van der Waals surface area contributed by atoms with Crippen molar-refractivity contribution >= 4 is 64.0 Å². The van der Waals surface area contributed by atoms with E-state index in [1.807, 2.05) is 19.2 Å². The van der Waals surface area contributed by atoms with Crippen LogP contribution in [0.3, 0.4) is 0 Å². The van der Waals surface area contributed by atoms with Crippen LogP contribution in [0.2, 0.25) is 5.02 Å². The number of thiazole rings is 1. The van der Waals surface area contributed by atoms with Gasteiger partial charge < -0.3 is 34.1 Å². The van der Waals surface area contributed by atoms with Crippen molar-refractivity contribution in [2.45, 2.75) is 127 Å². The molecule has 18 heteroatoms. The number of carbonyl (C=O) groups is 3. The number of amides is 1. The van der Waals surface area contributed by atoms with Crippen LogP contribution in [0.15, 0.2) is 41.8 Å². The van der Waals surface area contributed by atoms with Gasteiger partial charge >= 0.3 is 5.97 Å². The first-order valence-corrected chi connectivity index (χ1v) is 25.7. The van der Waals surface area contributed by atoms with E-state index in [4.69, 9.17) is 40.5 Å². The Labute approximate surface area is 386 Å². The number of nitrogens with one attached hydrogen (secondary N) is 1. The van der Waals surface area contributed by atoms with Gasteiger partial charge in [-0.1, -0.05) is 17.7 Å². The summed E-state index contributed by atoms with van der Waals surface area (Å²) in [6.45, 7) is 4.63. The molecule has 0 radical (unpaired) electrons. The number of anilines is 1. The predicted molar refractivity (Wildman–Crippen MR) is 244 cm³/mol. The fraction of sp³-hybridized carbons (Fsp3) is 0.553. The number of pyridine rings is 1. The summed E-state index contributed by atoms with van der Waals surface area (Å²) in [5.41, 5.74) is 0.915. The molecule has 0 spiro atoms. The molecule has 2 saturated heterocycles. The highest BCUT2D eigenvalue weighted by molar-refractivity contribution is 7.59. The monoisotopic (exact) mass is 956 g/mol. The zero-order chi connectivity index (χ0) is 46.0. The fourth-order valence-electron chi connectivity index (χ4n) is 9.85. The molecule has 2 aliphatic carbocycles. The minimum absolute atomic E-state index is 0.0214. The number of fused-ring (bicyclic) bond motifs is 3. The highest BCUT2D eigenvalue weighted by Gasteiger charge is 2.66. The second kappa shape index (κ2) is 19.9. The van der Waals surface area contributed by atoms with Gasteiger partial charge in [0.05, 0.1) is 48.6 Å². The topological polar surface area (TPSA) is 166 Å². The first-order valence-electron chi connectivity index (χ1n) is 22.6. The molecule has 4 heterocycles. The van der Waals surface area contributed by atoms with Gasteiger partial charge in [0.1, 0.15) is 46.1 Å². The van der Waals surface area contributed by atoms with Crippen LogP contribution in [-0.2, 0) is 34.6 Å². The van der Waals surface area contributed by atoms with Crippen LogP contribution in [0, 0.1) is 23.5 Å². The number of halogens is 3. The number of aromatic nitrogens is 2. The van der Waals surface area contributed by atoms with Crippen molar-refractivity contribution in [3.05, 3.63) is 64.0 Å². The van der Waals surface area contributed by atoms with Crippen LogP contribution in [0.1, 0.15) is 96.5 Å². The zero-order valence-corrected chi connectivity index (χ0v) is 39.3. The van der Waals surface area contributed by atoms with Crippen LogP contribution in [-0.4, -0.2) is 93.7 Å². The Kier molecular flexibility index (Phi) is 14.5. The summed E-state index contributed by atoms with van der Waals surface area (Å²) in [6, 6.07) is 7.52. The smallest absolute Gasteiger partial charge is 0.306 e. The average molecular weight is 957 g/mol. The van der Waals surface area contributed by atoms with Gasteiger partial charge in [-0.05, 0) is 102 Å². The fourth-order valence-corrected chi connectivity index (χ4v) is 13.6. The van der Waals surface area contributed by atoms with E-state index in [1.54, 1.807) is 18.2 Å².